The lowest BCUT2D eigenvalue weighted by Gasteiger charge is -2.39. The summed E-state index contributed by atoms with van der Waals surface area (Å²) in [5, 5.41) is 8.56. The molecule has 1 N–H and O–H groups in total. The Morgan fingerprint density at radius 2 is 2.29 bits per heavy atom. The van der Waals surface area contributed by atoms with Gasteiger partial charge in [-0.25, -0.2) is 0 Å². The van der Waals surface area contributed by atoms with Gasteiger partial charge in [-0.05, 0) is 26.8 Å². The molecular weight excluding hydrogens is 288 g/mol. The topological polar surface area (TPSA) is 42.3 Å². The Hall–Kier alpha value is -0.620. The molecule has 0 aliphatic carbocycles. The van der Waals surface area contributed by atoms with Crippen LogP contribution in [0.1, 0.15) is 38.9 Å². The summed E-state index contributed by atoms with van der Waals surface area (Å²) in [6, 6.07) is 0.608. The number of hydrogen-bond acceptors (Lipinski definition) is 4. The monoisotopic (exact) mass is 314 g/mol. The van der Waals surface area contributed by atoms with Crippen molar-refractivity contribution in [2.45, 2.75) is 45.4 Å². The van der Waals surface area contributed by atoms with Crippen molar-refractivity contribution in [1.82, 2.24) is 20.0 Å². The van der Waals surface area contributed by atoms with Crippen LogP contribution in [-0.4, -0.2) is 53.1 Å². The number of halogens is 1. The maximum absolute atomic E-state index is 6.34. The standard InChI is InChI=1S/C15H27ClN4O/c1-5-6-17-14(15-12(16)9-18-19(15)4)13-10-20(11(2)3)7-8-21-13/h9,11,13-14,17H,5-8,10H2,1-4H3. The van der Waals surface area contributed by atoms with Gasteiger partial charge in [0.05, 0.1) is 35.7 Å². The quantitative estimate of drug-likeness (QED) is 0.874. The molecule has 1 aromatic rings. The molecule has 0 saturated carbocycles. The normalized spacial score (nSPS) is 21.9. The first-order chi connectivity index (χ1) is 10.0. The first-order valence-electron chi connectivity index (χ1n) is 7.81. The molecule has 0 amide bonds. The van der Waals surface area contributed by atoms with E-state index in [2.05, 4.69) is 36.1 Å². The summed E-state index contributed by atoms with van der Waals surface area (Å²) in [4.78, 5) is 2.46. The number of morpholine rings is 1. The van der Waals surface area contributed by atoms with Crippen LogP contribution in [0.4, 0.5) is 0 Å². The molecule has 2 unspecified atom stereocenters. The molecule has 0 bridgehead atoms. The Bertz CT molecular complexity index is 429. The molecule has 2 atom stereocenters. The summed E-state index contributed by atoms with van der Waals surface area (Å²) in [5.41, 5.74) is 1.01. The Kier molecular flexibility index (Phi) is 6.05. The van der Waals surface area contributed by atoms with E-state index in [0.29, 0.717) is 11.1 Å². The SMILES string of the molecule is CCCNC(c1c(Cl)cnn1C)C1CN(C(C)C)CCO1. The lowest BCUT2D eigenvalue weighted by molar-refractivity contribution is -0.0571. The fraction of sp³-hybridized carbons (Fsp3) is 0.800. The third kappa shape index (κ3) is 3.97. The van der Waals surface area contributed by atoms with Gasteiger partial charge in [0, 0.05) is 26.2 Å². The molecule has 2 heterocycles. The molecule has 2 rings (SSSR count). The number of aromatic nitrogens is 2. The maximum atomic E-state index is 6.34. The van der Waals surface area contributed by atoms with Crippen LogP contribution in [0.3, 0.4) is 0 Å². The summed E-state index contributed by atoms with van der Waals surface area (Å²) in [5.74, 6) is 0. The smallest absolute Gasteiger partial charge is 0.0912 e. The average molecular weight is 315 g/mol. The third-order valence-electron chi connectivity index (χ3n) is 4.07. The molecule has 0 aromatic carbocycles. The molecule has 6 heteroatoms. The van der Waals surface area contributed by atoms with E-state index < -0.39 is 0 Å². The first-order valence-corrected chi connectivity index (χ1v) is 8.18. The summed E-state index contributed by atoms with van der Waals surface area (Å²) in [6.07, 6.45) is 2.88. The Labute approximate surface area is 132 Å². The maximum Gasteiger partial charge on any atom is 0.0912 e. The summed E-state index contributed by atoms with van der Waals surface area (Å²) in [6.45, 7) is 10.2. The second kappa shape index (κ2) is 7.58. The first kappa shape index (κ1) is 16.7. The van der Waals surface area contributed by atoms with Crippen LogP contribution in [0, 0.1) is 0 Å². The Balaban J connectivity index is 2.19. The van der Waals surface area contributed by atoms with Crippen LogP contribution in [-0.2, 0) is 11.8 Å². The van der Waals surface area contributed by atoms with Gasteiger partial charge in [0.2, 0.25) is 0 Å². The summed E-state index contributed by atoms with van der Waals surface area (Å²) in [7, 11) is 1.94. The van der Waals surface area contributed by atoms with Crippen molar-refractivity contribution in [3.8, 4) is 0 Å². The van der Waals surface area contributed by atoms with Gasteiger partial charge >= 0.3 is 0 Å². The molecule has 1 aliphatic rings. The highest BCUT2D eigenvalue weighted by molar-refractivity contribution is 6.31. The predicted octanol–water partition coefficient (Wildman–Crippen LogP) is 2.22. The van der Waals surface area contributed by atoms with Crippen LogP contribution in [0.5, 0.6) is 0 Å². The van der Waals surface area contributed by atoms with Crippen LogP contribution in [0.15, 0.2) is 6.20 Å². The molecule has 1 aromatic heterocycles. The highest BCUT2D eigenvalue weighted by Crippen LogP contribution is 2.28. The minimum Gasteiger partial charge on any atom is -0.374 e. The van der Waals surface area contributed by atoms with E-state index in [1.54, 1.807) is 6.20 Å². The van der Waals surface area contributed by atoms with Gasteiger partial charge in [0.1, 0.15) is 0 Å². The average Bonchev–Trinajstić information content (AvgIpc) is 2.80. The van der Waals surface area contributed by atoms with E-state index >= 15 is 0 Å². The van der Waals surface area contributed by atoms with Crippen LogP contribution < -0.4 is 5.32 Å². The molecule has 21 heavy (non-hydrogen) atoms. The van der Waals surface area contributed by atoms with E-state index in [0.717, 1.165) is 38.4 Å². The predicted molar refractivity (Wildman–Crippen MR) is 85.7 cm³/mol. The summed E-state index contributed by atoms with van der Waals surface area (Å²) >= 11 is 6.34. The van der Waals surface area contributed by atoms with Gasteiger partial charge in [0.15, 0.2) is 0 Å². The zero-order valence-corrected chi connectivity index (χ0v) is 14.2. The largest absolute Gasteiger partial charge is 0.374 e. The zero-order valence-electron chi connectivity index (χ0n) is 13.5. The van der Waals surface area contributed by atoms with Crippen molar-refractivity contribution in [3.05, 3.63) is 16.9 Å². The minimum absolute atomic E-state index is 0.0755. The molecule has 5 nitrogen and oxygen atoms in total. The van der Waals surface area contributed by atoms with E-state index in [9.17, 15) is 0 Å². The molecule has 0 radical (unpaired) electrons. The Morgan fingerprint density at radius 3 is 2.86 bits per heavy atom. The zero-order chi connectivity index (χ0) is 15.4. The minimum atomic E-state index is 0.0755. The van der Waals surface area contributed by atoms with Gasteiger partial charge in [0.25, 0.3) is 0 Å². The summed E-state index contributed by atoms with van der Waals surface area (Å²) < 4.78 is 7.90. The van der Waals surface area contributed by atoms with Crippen molar-refractivity contribution in [2.75, 3.05) is 26.2 Å². The number of nitrogens with one attached hydrogen (secondary N) is 1. The van der Waals surface area contributed by atoms with Gasteiger partial charge in [-0.1, -0.05) is 18.5 Å². The molecule has 1 saturated heterocycles. The van der Waals surface area contributed by atoms with E-state index in [-0.39, 0.29) is 12.1 Å². The number of rotatable bonds is 6. The van der Waals surface area contributed by atoms with Gasteiger partial charge in [-0.3, -0.25) is 9.58 Å². The van der Waals surface area contributed by atoms with Gasteiger partial charge in [-0.2, -0.15) is 5.10 Å². The van der Waals surface area contributed by atoms with Gasteiger partial charge < -0.3 is 10.1 Å². The van der Waals surface area contributed by atoms with E-state index in [4.69, 9.17) is 16.3 Å². The number of nitrogens with zero attached hydrogens (tertiary/aromatic N) is 3. The highest BCUT2D eigenvalue weighted by atomic mass is 35.5. The molecule has 0 spiro atoms. The van der Waals surface area contributed by atoms with Crippen molar-refractivity contribution < 1.29 is 4.74 Å². The lowest BCUT2D eigenvalue weighted by Crippen LogP contribution is -2.50. The second-order valence-electron chi connectivity index (χ2n) is 5.93. The van der Waals surface area contributed by atoms with Crippen LogP contribution >= 0.6 is 11.6 Å². The third-order valence-corrected chi connectivity index (χ3v) is 4.36. The number of hydrogen-bond donors (Lipinski definition) is 1. The van der Waals surface area contributed by atoms with Crippen LogP contribution in [0.25, 0.3) is 0 Å². The second-order valence-corrected chi connectivity index (χ2v) is 6.34. The van der Waals surface area contributed by atoms with Crippen LogP contribution in [0.2, 0.25) is 5.02 Å². The van der Waals surface area contributed by atoms with Crippen molar-refractivity contribution >= 4 is 11.6 Å². The molecule has 1 aliphatic heterocycles. The van der Waals surface area contributed by atoms with E-state index in [1.165, 1.54) is 0 Å². The fourth-order valence-electron chi connectivity index (χ4n) is 2.84. The molecule has 120 valence electrons. The molecule has 1 fully saturated rings. The van der Waals surface area contributed by atoms with E-state index in [1.807, 2.05) is 11.7 Å². The Morgan fingerprint density at radius 1 is 1.52 bits per heavy atom. The molecular formula is C15H27ClN4O. The number of ether oxygens (including phenoxy) is 1. The highest BCUT2D eigenvalue weighted by Gasteiger charge is 2.32. The van der Waals surface area contributed by atoms with Gasteiger partial charge in [-0.15, -0.1) is 0 Å². The lowest BCUT2D eigenvalue weighted by atomic mass is 10.0. The van der Waals surface area contributed by atoms with Crippen molar-refractivity contribution in [2.24, 2.45) is 7.05 Å². The van der Waals surface area contributed by atoms with Crippen molar-refractivity contribution in [3.63, 3.8) is 0 Å². The number of aryl methyl sites for hydroxylation is 1. The van der Waals surface area contributed by atoms with Crippen molar-refractivity contribution in [1.29, 1.82) is 0 Å². The fourth-order valence-corrected chi connectivity index (χ4v) is 3.12.